The van der Waals surface area contributed by atoms with E-state index in [0.717, 1.165) is 102 Å². The van der Waals surface area contributed by atoms with Crippen LogP contribution in [0.2, 0.25) is 0 Å². The highest BCUT2D eigenvalue weighted by atomic mass is 15.2. The lowest BCUT2D eigenvalue weighted by molar-refractivity contribution is 1.07. The lowest BCUT2D eigenvalue weighted by Gasteiger charge is -2.40. The minimum atomic E-state index is -0.00510. The highest BCUT2D eigenvalue weighted by molar-refractivity contribution is 7.01. The van der Waals surface area contributed by atoms with Crippen molar-refractivity contribution in [2.75, 3.05) is 30.7 Å². The summed E-state index contributed by atoms with van der Waals surface area (Å²) in [6.45, 7) is -0.0153. The summed E-state index contributed by atoms with van der Waals surface area (Å²) >= 11 is 0. The Morgan fingerprint density at radius 3 is 0.816 bits per heavy atom. The van der Waals surface area contributed by atoms with E-state index in [4.69, 9.17) is 15.0 Å². The molecular formula is C75H48B3N9. The number of fused-ring (bicyclic) bond motifs is 12. The van der Waals surface area contributed by atoms with Gasteiger partial charge in [0.05, 0.1) is 0 Å². The summed E-state index contributed by atoms with van der Waals surface area (Å²) in [7, 11) is 0. The van der Waals surface area contributed by atoms with Gasteiger partial charge in [-0.25, -0.2) is 15.0 Å². The molecule has 3 N–H and O–H groups in total. The van der Waals surface area contributed by atoms with Crippen LogP contribution in [0.15, 0.2) is 273 Å². The quantitative estimate of drug-likeness (QED) is 0.141. The molecular weight excluding hydrogens is 1060 g/mol. The molecule has 0 atom stereocenters. The number of aromatic nitrogens is 3. The van der Waals surface area contributed by atoms with Gasteiger partial charge in [-0.3, -0.25) is 0 Å². The predicted octanol–water partition coefficient (Wildman–Crippen LogP) is 11.9. The topological polar surface area (TPSA) is 84.5 Å². The van der Waals surface area contributed by atoms with Gasteiger partial charge in [0, 0.05) is 102 Å². The van der Waals surface area contributed by atoms with Crippen LogP contribution in [0.5, 0.6) is 0 Å². The number of benzene rings is 12. The van der Waals surface area contributed by atoms with E-state index < -0.39 is 0 Å². The van der Waals surface area contributed by atoms with Gasteiger partial charge in [0.1, 0.15) is 0 Å². The highest BCUT2D eigenvalue weighted by Crippen LogP contribution is 2.45. The van der Waals surface area contributed by atoms with Crippen LogP contribution < -0.4 is 79.8 Å². The summed E-state index contributed by atoms with van der Waals surface area (Å²) in [6, 6.07) is 98.8. The molecule has 0 fully saturated rings. The fourth-order valence-corrected chi connectivity index (χ4v) is 15.0. The molecule has 0 bridgehead atoms. The number of anilines is 15. The van der Waals surface area contributed by atoms with Gasteiger partial charge in [-0.15, -0.1) is 0 Å². The number of para-hydroxylation sites is 6. The Bertz CT molecular complexity index is 4530. The van der Waals surface area contributed by atoms with E-state index in [9.17, 15) is 0 Å². The van der Waals surface area contributed by atoms with E-state index in [1.54, 1.807) is 0 Å². The standard InChI is InChI=1S/C75H48B3N9/c1-4-19-49(20-5-1)85-64-34-16-31-61-70(64)76(52-25-10-13-28-58(52)79-61)55-40-37-46(43-67(55)85)73-82-74(47-38-41-56-68(44-47)86(50-21-6-2-7-22-50)65-35-17-32-62-71(65)77(56)53-26-11-14-29-59(53)80-62)84-75(83-73)48-39-42-57-69(45-48)87(51-23-8-3-9-24-51)66-36-18-33-63-72(66)78(57)54-27-12-15-30-60(54)81-63/h1-45,79-81H. The first-order valence-corrected chi connectivity index (χ1v) is 29.9. The van der Waals surface area contributed by atoms with E-state index in [-0.39, 0.29) is 20.1 Å². The minimum absolute atomic E-state index is 0.00510. The Hall–Kier alpha value is -11.4. The molecule has 0 spiro atoms. The molecule has 402 valence electrons. The summed E-state index contributed by atoms with van der Waals surface area (Å²) in [5, 5.41) is 11.4. The fraction of sp³-hybridized carbons (Fsp3) is 0. The molecule has 0 saturated carbocycles. The van der Waals surface area contributed by atoms with Gasteiger partial charge in [0.2, 0.25) is 0 Å². The Kier molecular flexibility index (Phi) is 10.3. The van der Waals surface area contributed by atoms with Crippen molar-refractivity contribution < 1.29 is 0 Å². The molecule has 12 heteroatoms. The van der Waals surface area contributed by atoms with Crippen LogP contribution in [0.3, 0.4) is 0 Å². The summed E-state index contributed by atoms with van der Waals surface area (Å²) in [5.41, 5.74) is 30.4. The van der Waals surface area contributed by atoms with Gasteiger partial charge in [-0.05, 0) is 158 Å². The van der Waals surface area contributed by atoms with Crippen molar-refractivity contribution in [2.24, 2.45) is 0 Å². The first-order valence-electron chi connectivity index (χ1n) is 29.9. The molecule has 0 saturated heterocycles. The van der Waals surface area contributed by atoms with Crippen LogP contribution >= 0.6 is 0 Å². The average Bonchev–Trinajstić information content (AvgIpc) is 1.13. The Labute approximate surface area is 504 Å². The van der Waals surface area contributed by atoms with E-state index >= 15 is 0 Å². The van der Waals surface area contributed by atoms with E-state index in [1.165, 1.54) is 49.2 Å². The highest BCUT2D eigenvalue weighted by Gasteiger charge is 2.44. The zero-order valence-electron chi connectivity index (χ0n) is 46.9. The molecule has 6 aliphatic rings. The monoisotopic (exact) mass is 1110 g/mol. The van der Waals surface area contributed by atoms with Crippen LogP contribution in [-0.2, 0) is 0 Å². The van der Waals surface area contributed by atoms with Crippen LogP contribution in [-0.4, -0.2) is 35.1 Å². The third-order valence-electron chi connectivity index (χ3n) is 18.7. The molecule has 87 heavy (non-hydrogen) atoms. The van der Waals surface area contributed by atoms with E-state index in [2.05, 4.69) is 304 Å². The minimum Gasteiger partial charge on any atom is -0.356 e. The predicted molar refractivity (Wildman–Crippen MR) is 363 cm³/mol. The maximum Gasteiger partial charge on any atom is 0.252 e. The number of hydrogen-bond donors (Lipinski definition) is 3. The molecule has 7 heterocycles. The Morgan fingerprint density at radius 1 is 0.230 bits per heavy atom. The van der Waals surface area contributed by atoms with Crippen molar-refractivity contribution in [3.63, 3.8) is 0 Å². The molecule has 0 aliphatic carbocycles. The maximum atomic E-state index is 5.63. The normalized spacial score (nSPS) is 13.7. The molecule has 0 amide bonds. The van der Waals surface area contributed by atoms with Crippen molar-refractivity contribution in [1.29, 1.82) is 0 Å². The van der Waals surface area contributed by atoms with Crippen molar-refractivity contribution in [3.05, 3.63) is 273 Å². The van der Waals surface area contributed by atoms with E-state index in [0.29, 0.717) is 17.5 Å². The van der Waals surface area contributed by atoms with Crippen LogP contribution in [0, 0.1) is 0 Å². The zero-order valence-corrected chi connectivity index (χ0v) is 46.9. The van der Waals surface area contributed by atoms with Gasteiger partial charge in [-0.2, -0.15) is 0 Å². The van der Waals surface area contributed by atoms with Gasteiger partial charge in [-0.1, -0.05) is 164 Å². The third kappa shape index (κ3) is 7.15. The molecule has 0 radical (unpaired) electrons. The average molecular weight is 1110 g/mol. The molecule has 1 aromatic heterocycles. The van der Waals surface area contributed by atoms with Gasteiger partial charge in [0.25, 0.3) is 20.1 Å². The number of hydrogen-bond acceptors (Lipinski definition) is 9. The summed E-state index contributed by atoms with van der Waals surface area (Å²) in [5.74, 6) is 1.74. The zero-order chi connectivity index (χ0) is 56.8. The number of rotatable bonds is 6. The smallest absolute Gasteiger partial charge is 0.252 e. The molecule has 6 aliphatic heterocycles. The second kappa shape index (κ2) is 18.6. The van der Waals surface area contributed by atoms with Crippen molar-refractivity contribution in [2.45, 2.75) is 0 Å². The van der Waals surface area contributed by atoms with Crippen molar-refractivity contribution >= 4 is 155 Å². The van der Waals surface area contributed by atoms with Crippen molar-refractivity contribution in [3.8, 4) is 34.2 Å². The van der Waals surface area contributed by atoms with Crippen LogP contribution in [0.1, 0.15) is 0 Å². The number of nitrogens with one attached hydrogen (secondary N) is 3. The summed E-state index contributed by atoms with van der Waals surface area (Å²) < 4.78 is 0. The van der Waals surface area contributed by atoms with Crippen LogP contribution in [0.25, 0.3) is 34.2 Å². The Morgan fingerprint density at radius 2 is 0.506 bits per heavy atom. The lowest BCUT2D eigenvalue weighted by Crippen LogP contribution is -2.60. The van der Waals surface area contributed by atoms with Crippen LogP contribution in [0.4, 0.5) is 85.3 Å². The van der Waals surface area contributed by atoms with Gasteiger partial charge in [0.15, 0.2) is 17.5 Å². The second-order valence-electron chi connectivity index (χ2n) is 23.3. The SMILES string of the molecule is c1ccc(N2c3cc(-c4nc(-c5ccc6c(c5)N(c5ccccc5)c5cccc7c5B6c5ccccc5N7)nc(-c5ccc6c(c5)N(c5ccccc5)c5cccc7c5B6c5ccccc5N7)n4)ccc3B3c4ccccc4Nc4cccc2c43)cc1. The summed E-state index contributed by atoms with van der Waals surface area (Å²) in [4.78, 5) is 24.2. The molecule has 0 unspecified atom stereocenters. The molecule has 19 rings (SSSR count). The van der Waals surface area contributed by atoms with Crippen molar-refractivity contribution in [1.82, 2.24) is 15.0 Å². The number of nitrogens with zero attached hydrogens (tertiary/aromatic N) is 6. The fourth-order valence-electron chi connectivity index (χ4n) is 15.0. The van der Waals surface area contributed by atoms with E-state index in [1.807, 2.05) is 0 Å². The van der Waals surface area contributed by atoms with Gasteiger partial charge < -0.3 is 30.7 Å². The lowest BCUT2D eigenvalue weighted by atomic mass is 9.33. The Balaban J connectivity index is 0.844. The first-order chi connectivity index (χ1) is 43.1. The maximum absolute atomic E-state index is 5.63. The first kappa shape index (κ1) is 48.1. The largest absolute Gasteiger partial charge is 0.356 e. The second-order valence-corrected chi connectivity index (χ2v) is 23.3. The molecule has 12 aromatic carbocycles. The molecule has 13 aromatic rings. The molecule has 9 nitrogen and oxygen atoms in total. The third-order valence-corrected chi connectivity index (χ3v) is 18.7. The summed E-state index contributed by atoms with van der Waals surface area (Å²) in [6.07, 6.45) is 0. The van der Waals surface area contributed by atoms with Gasteiger partial charge >= 0.3 is 0 Å².